The number of fused-ring (bicyclic) bond motifs is 1. The van der Waals surface area contributed by atoms with Crippen LogP contribution in [0.15, 0.2) is 18.2 Å². The Morgan fingerprint density at radius 3 is 2.50 bits per heavy atom. The molecule has 1 fully saturated rings. The molecule has 1 saturated heterocycles. The van der Waals surface area contributed by atoms with Crippen LogP contribution in [0.5, 0.6) is 11.5 Å². The van der Waals surface area contributed by atoms with E-state index in [9.17, 15) is 18.0 Å². The Morgan fingerprint density at radius 1 is 1.14 bits per heavy atom. The Balaban J connectivity index is 1.44. The second-order valence-corrected chi connectivity index (χ2v) is 9.01. The molecule has 2 aliphatic rings. The highest BCUT2D eigenvalue weighted by atomic mass is 32.2. The molecule has 0 spiro atoms. The molecule has 0 aliphatic carbocycles. The number of carbonyl (C=O) groups is 2. The van der Waals surface area contributed by atoms with Crippen LogP contribution >= 0.6 is 0 Å². The van der Waals surface area contributed by atoms with Crippen molar-refractivity contribution in [3.63, 3.8) is 0 Å². The van der Waals surface area contributed by atoms with Crippen molar-refractivity contribution in [1.82, 2.24) is 13.9 Å². The Labute approximate surface area is 163 Å². The van der Waals surface area contributed by atoms with Gasteiger partial charge in [0.05, 0.1) is 0 Å². The quantitative estimate of drug-likeness (QED) is 0.657. The third-order valence-electron chi connectivity index (χ3n) is 4.75. The number of anilines is 1. The summed E-state index contributed by atoms with van der Waals surface area (Å²) in [7, 11) is -0.410. The van der Waals surface area contributed by atoms with Crippen LogP contribution in [0.2, 0.25) is 0 Å². The van der Waals surface area contributed by atoms with E-state index < -0.39 is 22.0 Å². The number of carbonyl (C=O) groups excluding carboxylic acids is 2. The van der Waals surface area contributed by atoms with E-state index >= 15 is 0 Å². The first-order valence-corrected chi connectivity index (χ1v) is 10.3. The summed E-state index contributed by atoms with van der Waals surface area (Å²) in [5, 5.41) is 5.13. The molecule has 0 saturated carbocycles. The van der Waals surface area contributed by atoms with Gasteiger partial charge in [-0.15, -0.1) is 0 Å². The minimum atomic E-state index is -3.41. The number of hydrogen-bond donors (Lipinski definition) is 2. The fourth-order valence-corrected chi connectivity index (χ4v) is 4.19. The first-order chi connectivity index (χ1) is 13.3. The van der Waals surface area contributed by atoms with Gasteiger partial charge in [0.15, 0.2) is 11.5 Å². The zero-order valence-electron chi connectivity index (χ0n) is 15.8. The molecule has 0 radical (unpaired) electrons. The van der Waals surface area contributed by atoms with Gasteiger partial charge in [-0.05, 0) is 30.9 Å². The van der Waals surface area contributed by atoms with Crippen molar-refractivity contribution in [3.05, 3.63) is 18.2 Å². The molecular formula is C17H24N4O6S. The van der Waals surface area contributed by atoms with Crippen LogP contribution in [0.3, 0.4) is 0 Å². The van der Waals surface area contributed by atoms with Crippen LogP contribution in [0.4, 0.5) is 5.69 Å². The first kappa shape index (κ1) is 20.4. The molecule has 154 valence electrons. The van der Waals surface area contributed by atoms with Crippen LogP contribution in [0.1, 0.15) is 12.8 Å². The summed E-state index contributed by atoms with van der Waals surface area (Å²) in [6, 6.07) is 4.87. The molecule has 0 bridgehead atoms. The lowest BCUT2D eigenvalue weighted by Gasteiger charge is -2.32. The molecule has 0 unspecified atom stereocenters. The summed E-state index contributed by atoms with van der Waals surface area (Å²) in [5.41, 5.74) is 0.437. The van der Waals surface area contributed by atoms with E-state index in [-0.39, 0.29) is 12.7 Å². The third kappa shape index (κ3) is 4.54. The molecule has 0 aromatic heterocycles. The highest BCUT2D eigenvalue weighted by Crippen LogP contribution is 2.34. The first-order valence-electron chi connectivity index (χ1n) is 8.94. The number of ether oxygens (including phenoxy) is 2. The fourth-order valence-electron chi connectivity index (χ4n) is 3.05. The van der Waals surface area contributed by atoms with Gasteiger partial charge in [-0.1, -0.05) is 0 Å². The van der Waals surface area contributed by atoms with Crippen LogP contribution in [-0.2, 0) is 19.8 Å². The van der Waals surface area contributed by atoms with Gasteiger partial charge in [0.1, 0.15) is 0 Å². The molecule has 0 atom stereocenters. The molecule has 1 aromatic rings. The van der Waals surface area contributed by atoms with E-state index in [0.717, 1.165) is 0 Å². The van der Waals surface area contributed by atoms with Crippen LogP contribution in [-0.4, -0.2) is 69.4 Å². The monoisotopic (exact) mass is 412 g/mol. The summed E-state index contributed by atoms with van der Waals surface area (Å²) >= 11 is 0. The van der Waals surface area contributed by atoms with E-state index in [1.54, 1.807) is 18.2 Å². The maximum absolute atomic E-state index is 12.1. The minimum Gasteiger partial charge on any atom is -0.454 e. The van der Waals surface area contributed by atoms with Crippen LogP contribution < -0.4 is 20.1 Å². The van der Waals surface area contributed by atoms with Crippen molar-refractivity contribution >= 4 is 27.7 Å². The molecule has 2 N–H and O–H groups in total. The van der Waals surface area contributed by atoms with E-state index in [1.807, 2.05) is 0 Å². The number of nitrogens with zero attached hydrogens (tertiary/aromatic N) is 2. The Morgan fingerprint density at radius 2 is 1.82 bits per heavy atom. The summed E-state index contributed by atoms with van der Waals surface area (Å²) in [4.78, 5) is 24.1. The van der Waals surface area contributed by atoms with Crippen molar-refractivity contribution in [2.24, 2.45) is 5.92 Å². The van der Waals surface area contributed by atoms with Crippen molar-refractivity contribution in [1.29, 1.82) is 0 Å². The van der Waals surface area contributed by atoms with Crippen LogP contribution in [0, 0.1) is 5.92 Å². The Kier molecular flexibility index (Phi) is 6.06. The zero-order valence-corrected chi connectivity index (χ0v) is 16.6. The SMILES string of the molecule is CN(C)S(=O)(=O)N1CCC(CNC(=O)C(=O)Nc2ccc3c(c2)OCO3)CC1. The summed E-state index contributed by atoms with van der Waals surface area (Å²) < 4.78 is 37.3. The summed E-state index contributed by atoms with van der Waals surface area (Å²) in [5.74, 6) is -0.286. The van der Waals surface area contributed by atoms with Gasteiger partial charge in [-0.2, -0.15) is 17.0 Å². The number of benzene rings is 1. The van der Waals surface area contributed by atoms with Gasteiger partial charge < -0.3 is 20.1 Å². The molecule has 11 heteroatoms. The summed E-state index contributed by atoms with van der Waals surface area (Å²) in [6.07, 6.45) is 1.24. The molecular weight excluding hydrogens is 388 g/mol. The summed E-state index contributed by atoms with van der Waals surface area (Å²) in [6.45, 7) is 1.24. The van der Waals surface area contributed by atoms with Gasteiger partial charge in [-0.25, -0.2) is 0 Å². The standard InChI is InChI=1S/C17H24N4O6S/c1-20(2)28(24,25)21-7-5-12(6-8-21)10-18-16(22)17(23)19-13-3-4-14-15(9-13)27-11-26-14/h3-4,9,12H,5-8,10-11H2,1-2H3,(H,18,22)(H,19,23). The highest BCUT2D eigenvalue weighted by Gasteiger charge is 2.29. The fraction of sp³-hybridized carbons (Fsp3) is 0.529. The number of hydrogen-bond acceptors (Lipinski definition) is 6. The van der Waals surface area contributed by atoms with Crippen LogP contribution in [0.25, 0.3) is 0 Å². The molecule has 2 heterocycles. The van der Waals surface area contributed by atoms with Crippen molar-refractivity contribution in [2.45, 2.75) is 12.8 Å². The third-order valence-corrected chi connectivity index (χ3v) is 6.69. The number of amides is 2. The number of rotatable bonds is 5. The van der Waals surface area contributed by atoms with Gasteiger partial charge in [0.25, 0.3) is 10.2 Å². The predicted octanol–water partition coefficient (Wildman–Crippen LogP) is -0.0116. The molecule has 2 aliphatic heterocycles. The minimum absolute atomic E-state index is 0.121. The maximum Gasteiger partial charge on any atom is 0.313 e. The van der Waals surface area contributed by atoms with E-state index in [4.69, 9.17) is 9.47 Å². The lowest BCUT2D eigenvalue weighted by Crippen LogP contribution is -2.46. The second kappa shape index (κ2) is 8.33. The van der Waals surface area contributed by atoms with Crippen molar-refractivity contribution < 1.29 is 27.5 Å². The topological polar surface area (TPSA) is 117 Å². The predicted molar refractivity (Wildman–Crippen MR) is 101 cm³/mol. The molecule has 1 aromatic carbocycles. The molecule has 3 rings (SSSR count). The normalized spacial score (nSPS) is 17.5. The van der Waals surface area contributed by atoms with Crippen molar-refractivity contribution in [3.8, 4) is 11.5 Å². The number of nitrogens with one attached hydrogen (secondary N) is 2. The molecule has 28 heavy (non-hydrogen) atoms. The second-order valence-electron chi connectivity index (χ2n) is 6.86. The smallest absolute Gasteiger partial charge is 0.313 e. The maximum atomic E-state index is 12.1. The largest absolute Gasteiger partial charge is 0.454 e. The number of piperidine rings is 1. The average Bonchev–Trinajstić information content (AvgIpc) is 3.14. The van der Waals surface area contributed by atoms with Gasteiger partial charge >= 0.3 is 11.8 Å². The lowest BCUT2D eigenvalue weighted by atomic mass is 9.98. The van der Waals surface area contributed by atoms with Gasteiger partial charge in [0, 0.05) is 45.5 Å². The van der Waals surface area contributed by atoms with Gasteiger partial charge in [0.2, 0.25) is 6.79 Å². The van der Waals surface area contributed by atoms with E-state index in [2.05, 4.69) is 10.6 Å². The van der Waals surface area contributed by atoms with E-state index in [0.29, 0.717) is 49.7 Å². The molecule has 10 nitrogen and oxygen atoms in total. The van der Waals surface area contributed by atoms with Gasteiger partial charge in [-0.3, -0.25) is 9.59 Å². The Bertz CT molecular complexity index is 849. The van der Waals surface area contributed by atoms with Crippen molar-refractivity contribution in [2.75, 3.05) is 45.8 Å². The average molecular weight is 412 g/mol. The van der Waals surface area contributed by atoms with E-state index in [1.165, 1.54) is 22.7 Å². The zero-order chi connectivity index (χ0) is 20.3. The Hall–Kier alpha value is -2.37. The lowest BCUT2D eigenvalue weighted by molar-refractivity contribution is -0.136. The highest BCUT2D eigenvalue weighted by molar-refractivity contribution is 7.86. The molecule has 2 amide bonds.